The summed E-state index contributed by atoms with van der Waals surface area (Å²) in [6, 6.07) is 4.05. The molecule has 0 aliphatic carbocycles. The molecule has 0 bridgehead atoms. The van der Waals surface area contributed by atoms with Crippen molar-refractivity contribution in [1.82, 2.24) is 14.7 Å². The van der Waals surface area contributed by atoms with Crippen molar-refractivity contribution in [2.45, 2.75) is 19.9 Å². The molecule has 5 heteroatoms. The molecule has 0 aliphatic rings. The van der Waals surface area contributed by atoms with Gasteiger partial charge in [-0.1, -0.05) is 6.07 Å². The van der Waals surface area contributed by atoms with Gasteiger partial charge in [-0.3, -0.25) is 4.99 Å². The molecule has 0 radical (unpaired) electrons. The third-order valence-electron chi connectivity index (χ3n) is 3.85. The first-order valence-corrected chi connectivity index (χ1v) is 8.60. The van der Waals surface area contributed by atoms with Gasteiger partial charge in [0.05, 0.1) is 6.54 Å². The Morgan fingerprint density at radius 3 is 2.29 bits per heavy atom. The van der Waals surface area contributed by atoms with E-state index in [1.807, 2.05) is 20.2 Å². The molecule has 1 N–H and O–H groups in total. The number of hydrogen-bond donors (Lipinski definition) is 1. The largest absolute Gasteiger partial charge is 0.507 e. The van der Waals surface area contributed by atoms with Gasteiger partial charge in [0.2, 0.25) is 0 Å². The van der Waals surface area contributed by atoms with Gasteiger partial charge in [-0.05, 0) is 73.3 Å². The van der Waals surface area contributed by atoms with Crippen LogP contribution in [-0.2, 0) is 6.54 Å². The second kappa shape index (κ2) is 10.4. The van der Waals surface area contributed by atoms with Crippen molar-refractivity contribution in [3.63, 3.8) is 0 Å². The fourth-order valence-electron chi connectivity index (χ4n) is 2.55. The second-order valence-electron chi connectivity index (χ2n) is 7.10. The zero-order chi connectivity index (χ0) is 18.1. The molecule has 0 spiro atoms. The van der Waals surface area contributed by atoms with Gasteiger partial charge in [-0.15, -0.1) is 0 Å². The molecule has 0 atom stereocenters. The summed E-state index contributed by atoms with van der Waals surface area (Å²) in [7, 11) is 10.3. The number of aliphatic imine (C=N–C) groups is 1. The zero-order valence-electron chi connectivity index (χ0n) is 16.2. The Morgan fingerprint density at radius 1 is 1.00 bits per heavy atom. The number of phenols is 1. The maximum Gasteiger partial charge on any atom is 0.128 e. The van der Waals surface area contributed by atoms with Crippen LogP contribution in [0.15, 0.2) is 17.1 Å². The van der Waals surface area contributed by atoms with Crippen molar-refractivity contribution in [1.29, 1.82) is 0 Å². The van der Waals surface area contributed by atoms with Crippen LogP contribution in [0.4, 0.5) is 0 Å². The van der Waals surface area contributed by atoms with E-state index >= 15 is 0 Å². The summed E-state index contributed by atoms with van der Waals surface area (Å²) in [4.78, 5) is 11.0. The number of benzene rings is 1. The van der Waals surface area contributed by atoms with Gasteiger partial charge >= 0.3 is 0 Å². The first-order chi connectivity index (χ1) is 11.3. The number of aromatic hydroxyl groups is 1. The van der Waals surface area contributed by atoms with Crippen LogP contribution in [0, 0.1) is 6.92 Å². The van der Waals surface area contributed by atoms with Gasteiger partial charge in [-0.2, -0.15) is 0 Å². The molecule has 24 heavy (non-hydrogen) atoms. The zero-order valence-corrected chi connectivity index (χ0v) is 16.2. The lowest BCUT2D eigenvalue weighted by Gasteiger charge is -2.19. The van der Waals surface area contributed by atoms with Crippen LogP contribution in [0.2, 0.25) is 0 Å². The average Bonchev–Trinajstić information content (AvgIpc) is 2.47. The summed E-state index contributed by atoms with van der Waals surface area (Å²) in [5, 5.41) is 10.5. The lowest BCUT2D eigenvalue weighted by Crippen LogP contribution is -2.23. The van der Waals surface area contributed by atoms with Crippen molar-refractivity contribution in [2.24, 2.45) is 4.99 Å². The summed E-state index contributed by atoms with van der Waals surface area (Å²) in [6.07, 6.45) is 2.91. The smallest absolute Gasteiger partial charge is 0.128 e. The SMILES string of the molecule is Cc1cc(C=NCCN(C)C)c(O)c(CN(C)CCCN(C)C)c1. The highest BCUT2D eigenvalue weighted by molar-refractivity contribution is 5.84. The summed E-state index contributed by atoms with van der Waals surface area (Å²) in [5.41, 5.74) is 2.93. The Hall–Kier alpha value is -1.43. The maximum atomic E-state index is 10.5. The molecule has 0 heterocycles. The summed E-state index contributed by atoms with van der Waals surface area (Å²) >= 11 is 0. The first-order valence-electron chi connectivity index (χ1n) is 8.60. The van der Waals surface area contributed by atoms with Crippen molar-refractivity contribution < 1.29 is 5.11 Å². The minimum atomic E-state index is 0.355. The van der Waals surface area contributed by atoms with Crippen LogP contribution < -0.4 is 0 Å². The van der Waals surface area contributed by atoms with E-state index in [4.69, 9.17) is 0 Å². The minimum Gasteiger partial charge on any atom is -0.507 e. The quantitative estimate of drug-likeness (QED) is 0.665. The van der Waals surface area contributed by atoms with E-state index < -0.39 is 0 Å². The molecule has 0 fully saturated rings. The number of nitrogens with zero attached hydrogens (tertiary/aromatic N) is 4. The van der Waals surface area contributed by atoms with Crippen LogP contribution in [0.5, 0.6) is 5.75 Å². The topological polar surface area (TPSA) is 42.3 Å². The van der Waals surface area contributed by atoms with E-state index in [1.165, 1.54) is 0 Å². The van der Waals surface area contributed by atoms with Crippen molar-refractivity contribution >= 4 is 6.21 Å². The summed E-state index contributed by atoms with van der Waals surface area (Å²) in [5.74, 6) is 0.355. The Labute approximate surface area is 147 Å². The number of hydrogen-bond acceptors (Lipinski definition) is 5. The molecular formula is C19H34N4O. The van der Waals surface area contributed by atoms with E-state index in [9.17, 15) is 5.11 Å². The number of aryl methyl sites for hydroxylation is 1. The van der Waals surface area contributed by atoms with E-state index in [0.29, 0.717) is 5.75 Å². The normalized spacial score (nSPS) is 12.2. The lowest BCUT2D eigenvalue weighted by atomic mass is 10.0. The molecule has 1 aromatic carbocycles. The molecule has 1 aromatic rings. The Kier molecular flexibility index (Phi) is 8.97. The molecule has 1 rings (SSSR count). The van der Waals surface area contributed by atoms with Gasteiger partial charge in [0, 0.05) is 30.4 Å². The fourth-order valence-corrected chi connectivity index (χ4v) is 2.55. The standard InChI is InChI=1S/C19H34N4O/c1-16-12-17(14-20-8-11-22(4)5)19(24)18(13-16)15-23(6)10-7-9-21(2)3/h12-14,24H,7-11,15H2,1-6H3. The van der Waals surface area contributed by atoms with Crippen LogP contribution in [0.3, 0.4) is 0 Å². The minimum absolute atomic E-state index is 0.355. The number of phenolic OH excluding ortho intramolecular Hbond substituents is 1. The molecule has 0 aromatic heterocycles. The van der Waals surface area contributed by atoms with Crippen LogP contribution in [0.1, 0.15) is 23.1 Å². The van der Waals surface area contributed by atoms with Gasteiger partial charge in [0.1, 0.15) is 5.75 Å². The molecule has 0 saturated carbocycles. The molecule has 0 amide bonds. The highest BCUT2D eigenvalue weighted by Crippen LogP contribution is 2.24. The second-order valence-corrected chi connectivity index (χ2v) is 7.10. The third kappa shape index (κ3) is 7.90. The number of likely N-dealkylation sites (N-methyl/N-ethyl adjacent to an activating group) is 1. The van der Waals surface area contributed by atoms with Crippen LogP contribution >= 0.6 is 0 Å². The van der Waals surface area contributed by atoms with Gasteiger partial charge < -0.3 is 19.8 Å². The molecule has 0 saturated heterocycles. The maximum absolute atomic E-state index is 10.5. The Balaban J connectivity index is 2.70. The molecule has 0 unspecified atom stereocenters. The van der Waals surface area contributed by atoms with Crippen molar-refractivity contribution in [3.05, 3.63) is 28.8 Å². The highest BCUT2D eigenvalue weighted by Gasteiger charge is 2.10. The van der Waals surface area contributed by atoms with Gasteiger partial charge in [0.25, 0.3) is 0 Å². The highest BCUT2D eigenvalue weighted by atomic mass is 16.3. The van der Waals surface area contributed by atoms with E-state index in [0.717, 1.165) is 55.8 Å². The van der Waals surface area contributed by atoms with Crippen molar-refractivity contribution in [3.8, 4) is 5.75 Å². The van der Waals surface area contributed by atoms with E-state index in [-0.39, 0.29) is 0 Å². The predicted octanol–water partition coefficient (Wildman–Crippen LogP) is 2.06. The molecule has 5 nitrogen and oxygen atoms in total. The molecule has 136 valence electrons. The Morgan fingerprint density at radius 2 is 1.67 bits per heavy atom. The van der Waals surface area contributed by atoms with Crippen molar-refractivity contribution in [2.75, 3.05) is 61.4 Å². The van der Waals surface area contributed by atoms with Crippen LogP contribution in [-0.4, -0.2) is 87.4 Å². The fraction of sp³-hybridized carbons (Fsp3) is 0.632. The lowest BCUT2D eigenvalue weighted by molar-refractivity contribution is 0.291. The average molecular weight is 335 g/mol. The van der Waals surface area contributed by atoms with Gasteiger partial charge in [-0.25, -0.2) is 0 Å². The Bertz CT molecular complexity index is 526. The summed E-state index contributed by atoms with van der Waals surface area (Å²) in [6.45, 7) is 6.54. The van der Waals surface area contributed by atoms with E-state index in [1.54, 1.807) is 6.21 Å². The molecule has 0 aliphatic heterocycles. The number of rotatable bonds is 10. The van der Waals surface area contributed by atoms with Crippen LogP contribution in [0.25, 0.3) is 0 Å². The van der Waals surface area contributed by atoms with Gasteiger partial charge in [0.15, 0.2) is 0 Å². The molecular weight excluding hydrogens is 300 g/mol. The van der Waals surface area contributed by atoms with E-state index in [2.05, 4.69) is 53.8 Å². The monoisotopic (exact) mass is 334 g/mol. The third-order valence-corrected chi connectivity index (χ3v) is 3.85. The summed E-state index contributed by atoms with van der Waals surface area (Å²) < 4.78 is 0. The predicted molar refractivity (Wildman–Crippen MR) is 103 cm³/mol. The first kappa shape index (κ1) is 20.6.